The van der Waals surface area contributed by atoms with Gasteiger partial charge >= 0.3 is 5.97 Å². The number of aliphatic hydroxyl groups excluding tert-OH is 3. The van der Waals surface area contributed by atoms with Crippen LogP contribution in [0.2, 0.25) is 0 Å². The lowest BCUT2D eigenvalue weighted by molar-refractivity contribution is -0.207. The van der Waals surface area contributed by atoms with Crippen LogP contribution in [-0.2, 0) is 27.2 Å². The van der Waals surface area contributed by atoms with Gasteiger partial charge < -0.3 is 46.4 Å². The largest absolute Gasteiger partial charge is 0.508 e. The maximum absolute atomic E-state index is 13.6. The Morgan fingerprint density at radius 2 is 1.50 bits per heavy atom. The number of carbonyl (C=O) groups excluding carboxylic acids is 2. The maximum Gasteiger partial charge on any atom is 0.326 e. The van der Waals surface area contributed by atoms with Crippen LogP contribution in [0.4, 0.5) is 0 Å². The molecule has 0 heterocycles. The summed E-state index contributed by atoms with van der Waals surface area (Å²) in [7, 11) is 0. The van der Waals surface area contributed by atoms with Gasteiger partial charge in [-0.15, -0.1) is 0 Å². The van der Waals surface area contributed by atoms with Crippen LogP contribution >= 0.6 is 0 Å². The molecule has 0 bridgehead atoms. The van der Waals surface area contributed by atoms with E-state index >= 15 is 0 Å². The third-order valence-electron chi connectivity index (χ3n) is 14.5. The number of hydrogen-bond acceptors (Lipinski definition) is 9. The number of amides is 2. The zero-order valence-corrected chi connectivity index (χ0v) is 31.5. The van der Waals surface area contributed by atoms with Gasteiger partial charge in [-0.1, -0.05) is 39.0 Å². The van der Waals surface area contributed by atoms with Crippen molar-refractivity contribution in [1.82, 2.24) is 10.6 Å². The number of benzene rings is 2. The fraction of sp³-hybridized carbons (Fsp3) is 0.643. The zero-order chi connectivity index (χ0) is 39.1. The third-order valence-corrected chi connectivity index (χ3v) is 14.5. The Labute approximate surface area is 317 Å². The molecule has 296 valence electrons. The number of fused-ring (bicyclic) bond motifs is 5. The van der Waals surface area contributed by atoms with Gasteiger partial charge in [0.1, 0.15) is 17.8 Å². The molecule has 4 aliphatic carbocycles. The Morgan fingerprint density at radius 3 is 2.19 bits per heavy atom. The Hall–Kier alpha value is -3.87. The van der Waals surface area contributed by atoms with Crippen LogP contribution in [0.1, 0.15) is 89.7 Å². The quantitative estimate of drug-likeness (QED) is 0.142. The number of aromatic hydroxyl groups is 3. The van der Waals surface area contributed by atoms with Crippen LogP contribution in [0.3, 0.4) is 0 Å². The number of phenolic OH excluding ortho intramolecular Hbond substituents is 3. The summed E-state index contributed by atoms with van der Waals surface area (Å²) in [5.74, 6) is -2.27. The first-order valence-corrected chi connectivity index (χ1v) is 19.7. The second-order valence-corrected chi connectivity index (χ2v) is 17.5. The van der Waals surface area contributed by atoms with Gasteiger partial charge in [-0.05, 0) is 133 Å². The summed E-state index contributed by atoms with van der Waals surface area (Å²) in [5, 5.41) is 78.6. The fourth-order valence-corrected chi connectivity index (χ4v) is 11.4. The van der Waals surface area contributed by atoms with E-state index < -0.39 is 47.3 Å². The van der Waals surface area contributed by atoms with Crippen molar-refractivity contribution in [2.45, 2.75) is 122 Å². The molecule has 7 unspecified atom stereocenters. The SMILES string of the molecule is C[C@H](CCC(=O)NC(Cc1ccc(O)cc1)C(=O)N[C@@H](Cc1ccc(O)c(O)c1)C(=O)O)C1CCC2C3C(O)CC4C[C@H](O)CC[C@]4(C)C3C[C@H](O)[C@@]21C. The molecule has 6 rings (SSSR count). The molecule has 2 aromatic rings. The number of rotatable bonds is 12. The molecular weight excluding hydrogens is 692 g/mol. The van der Waals surface area contributed by atoms with E-state index in [9.17, 15) is 50.1 Å². The predicted octanol–water partition coefficient (Wildman–Crippen LogP) is 4.02. The Morgan fingerprint density at radius 1 is 0.815 bits per heavy atom. The highest BCUT2D eigenvalue weighted by atomic mass is 16.4. The summed E-state index contributed by atoms with van der Waals surface area (Å²) in [4.78, 5) is 39.4. The zero-order valence-electron chi connectivity index (χ0n) is 31.5. The highest BCUT2D eigenvalue weighted by molar-refractivity contribution is 5.90. The molecule has 12 nitrogen and oxygen atoms in total. The smallest absolute Gasteiger partial charge is 0.326 e. The summed E-state index contributed by atoms with van der Waals surface area (Å²) in [5.41, 5.74) is 0.574. The average molecular weight is 751 g/mol. The summed E-state index contributed by atoms with van der Waals surface area (Å²) in [6.07, 6.45) is 4.61. The topological polar surface area (TPSA) is 217 Å². The highest BCUT2D eigenvalue weighted by Crippen LogP contribution is 2.68. The van der Waals surface area contributed by atoms with Crippen molar-refractivity contribution in [3.05, 3.63) is 53.6 Å². The maximum atomic E-state index is 13.6. The van der Waals surface area contributed by atoms with Crippen molar-refractivity contribution in [2.24, 2.45) is 46.3 Å². The molecule has 4 fully saturated rings. The molecule has 54 heavy (non-hydrogen) atoms. The lowest BCUT2D eigenvalue weighted by Gasteiger charge is -2.63. The second kappa shape index (κ2) is 15.7. The van der Waals surface area contributed by atoms with Crippen molar-refractivity contribution < 1.29 is 50.1 Å². The lowest BCUT2D eigenvalue weighted by atomic mass is 9.43. The molecule has 0 saturated heterocycles. The number of carboxylic acids is 1. The van der Waals surface area contributed by atoms with Crippen molar-refractivity contribution >= 4 is 17.8 Å². The Kier molecular flexibility index (Phi) is 11.6. The van der Waals surface area contributed by atoms with Crippen LogP contribution in [0.5, 0.6) is 17.2 Å². The van der Waals surface area contributed by atoms with Crippen LogP contribution in [0.25, 0.3) is 0 Å². The molecule has 9 N–H and O–H groups in total. The number of aliphatic hydroxyl groups is 3. The first-order valence-electron chi connectivity index (χ1n) is 19.7. The van der Waals surface area contributed by atoms with E-state index in [1.54, 1.807) is 12.1 Å². The van der Waals surface area contributed by atoms with E-state index in [1.165, 1.54) is 30.3 Å². The minimum Gasteiger partial charge on any atom is -0.508 e. The Bertz CT molecular complexity index is 1690. The first kappa shape index (κ1) is 39.8. The molecule has 12 heteroatoms. The Balaban J connectivity index is 1.12. The molecule has 0 aliphatic heterocycles. The summed E-state index contributed by atoms with van der Waals surface area (Å²) in [6.45, 7) is 6.60. The lowest BCUT2D eigenvalue weighted by Crippen LogP contribution is -2.62. The van der Waals surface area contributed by atoms with Gasteiger partial charge in [-0.3, -0.25) is 9.59 Å². The summed E-state index contributed by atoms with van der Waals surface area (Å²) in [6, 6.07) is 7.56. The van der Waals surface area contributed by atoms with E-state index in [0.717, 1.165) is 25.7 Å². The number of carboxylic acid groups (broad SMARTS) is 1. The van der Waals surface area contributed by atoms with Crippen LogP contribution in [0.15, 0.2) is 42.5 Å². The van der Waals surface area contributed by atoms with Crippen LogP contribution in [-0.4, -0.2) is 83.9 Å². The number of aliphatic carboxylic acids is 1. The molecule has 2 amide bonds. The molecule has 0 radical (unpaired) electrons. The normalized spacial score (nSPS) is 34.7. The summed E-state index contributed by atoms with van der Waals surface area (Å²) >= 11 is 0. The van der Waals surface area contributed by atoms with Gasteiger partial charge in [0.25, 0.3) is 0 Å². The van der Waals surface area contributed by atoms with Crippen molar-refractivity contribution in [3.63, 3.8) is 0 Å². The molecule has 13 atom stereocenters. The van der Waals surface area contributed by atoms with E-state index in [1.807, 2.05) is 0 Å². The number of carbonyl (C=O) groups is 3. The molecule has 4 saturated carbocycles. The average Bonchev–Trinajstić information content (AvgIpc) is 3.48. The van der Waals surface area contributed by atoms with Crippen LogP contribution in [0, 0.1) is 46.3 Å². The highest BCUT2D eigenvalue weighted by Gasteiger charge is 2.65. The minimum absolute atomic E-state index is 0.0187. The van der Waals surface area contributed by atoms with Gasteiger partial charge in [0.2, 0.25) is 11.8 Å². The molecule has 0 spiro atoms. The van der Waals surface area contributed by atoms with Crippen molar-refractivity contribution in [1.29, 1.82) is 0 Å². The number of hydrogen-bond donors (Lipinski definition) is 9. The van der Waals surface area contributed by atoms with E-state index in [0.29, 0.717) is 36.8 Å². The fourth-order valence-electron chi connectivity index (χ4n) is 11.4. The van der Waals surface area contributed by atoms with Gasteiger partial charge in [-0.2, -0.15) is 0 Å². The molecule has 2 aromatic carbocycles. The monoisotopic (exact) mass is 750 g/mol. The molecule has 4 aliphatic rings. The van der Waals surface area contributed by atoms with Crippen molar-refractivity contribution in [2.75, 3.05) is 0 Å². The molecule has 0 aromatic heterocycles. The van der Waals surface area contributed by atoms with Crippen LogP contribution < -0.4 is 10.6 Å². The van der Waals surface area contributed by atoms with Gasteiger partial charge in [0.15, 0.2) is 11.5 Å². The second-order valence-electron chi connectivity index (χ2n) is 17.5. The third kappa shape index (κ3) is 7.79. The predicted molar refractivity (Wildman–Crippen MR) is 199 cm³/mol. The standard InChI is InChI=1S/C42H58N2O10/c1-22(28-10-11-29-38-30(21-36(50)42(28,29)3)41(2)15-14-27(46)19-25(41)20-35(38)49)4-13-37(51)43-31(16-23-5-8-26(45)9-6-23)39(52)44-32(40(53)54)17-24-7-12-33(47)34(48)18-24/h5-9,12,18,22,25,27-32,35-36,38,45-50H,4,10-11,13-17,19-21H2,1-3H3,(H,43,51)(H,44,52)(H,53,54)/t22-,25?,27-,28?,29?,30?,31?,32+,35?,36+,38?,41+,42-/m1/s1. The van der Waals surface area contributed by atoms with Gasteiger partial charge in [-0.25, -0.2) is 4.79 Å². The minimum atomic E-state index is -1.39. The summed E-state index contributed by atoms with van der Waals surface area (Å²) < 4.78 is 0. The van der Waals surface area contributed by atoms with Gasteiger partial charge in [0, 0.05) is 19.3 Å². The van der Waals surface area contributed by atoms with Gasteiger partial charge in [0.05, 0.1) is 18.3 Å². The van der Waals surface area contributed by atoms with Crippen molar-refractivity contribution in [3.8, 4) is 17.2 Å². The number of nitrogens with one attached hydrogen (secondary N) is 2. The van der Waals surface area contributed by atoms with E-state index in [2.05, 4.69) is 31.4 Å². The van der Waals surface area contributed by atoms with E-state index in [4.69, 9.17) is 0 Å². The molecular formula is C42H58N2O10. The number of phenols is 3. The van der Waals surface area contributed by atoms with E-state index in [-0.39, 0.29) is 83.7 Å². The first-order chi connectivity index (χ1) is 25.5.